The summed E-state index contributed by atoms with van der Waals surface area (Å²) in [7, 11) is -1.81. The largest absolute Gasteiger partial charge is 0.373 e. The molecule has 2 saturated heterocycles. The van der Waals surface area contributed by atoms with Gasteiger partial charge in [-0.05, 0) is 33.2 Å². The Bertz CT molecular complexity index is 598. The van der Waals surface area contributed by atoms with Crippen LogP contribution < -0.4 is 10.0 Å². The lowest BCUT2D eigenvalue weighted by molar-refractivity contribution is 0.0996. The Balaban J connectivity index is 1.83. The molecule has 112 valence electrons. The summed E-state index contributed by atoms with van der Waals surface area (Å²) in [5.41, 5.74) is 1.08. The van der Waals surface area contributed by atoms with Crippen molar-refractivity contribution in [2.24, 2.45) is 0 Å². The van der Waals surface area contributed by atoms with Crippen molar-refractivity contribution >= 4 is 10.0 Å². The molecule has 0 spiro atoms. The Morgan fingerprint density at radius 1 is 1.45 bits per heavy atom. The van der Waals surface area contributed by atoms with Gasteiger partial charge in [0.1, 0.15) is 4.90 Å². The van der Waals surface area contributed by atoms with Gasteiger partial charge in [-0.1, -0.05) is 0 Å². The Morgan fingerprint density at radius 2 is 2.25 bits per heavy atom. The molecule has 3 unspecified atom stereocenters. The number of aromatic nitrogens is 2. The average Bonchev–Trinajstić information content (AvgIpc) is 3.05. The number of nitrogens with zero attached hydrogens (tertiary/aromatic N) is 1. The first-order valence-corrected chi connectivity index (χ1v) is 8.36. The van der Waals surface area contributed by atoms with E-state index in [0.29, 0.717) is 17.9 Å². The van der Waals surface area contributed by atoms with E-state index in [9.17, 15) is 8.42 Å². The fourth-order valence-electron chi connectivity index (χ4n) is 3.13. The zero-order valence-electron chi connectivity index (χ0n) is 11.6. The second-order valence-electron chi connectivity index (χ2n) is 5.49. The number of H-pyrrole nitrogens is 1. The van der Waals surface area contributed by atoms with Crippen LogP contribution in [0.15, 0.2) is 4.90 Å². The normalized spacial score (nSPS) is 29.2. The van der Waals surface area contributed by atoms with Crippen LogP contribution in [0.4, 0.5) is 0 Å². The first-order chi connectivity index (χ1) is 9.51. The van der Waals surface area contributed by atoms with E-state index in [0.717, 1.165) is 19.3 Å². The quantitative estimate of drug-likeness (QED) is 0.713. The van der Waals surface area contributed by atoms with E-state index in [1.165, 1.54) is 0 Å². The Hall–Kier alpha value is -0.960. The molecule has 2 bridgehead atoms. The van der Waals surface area contributed by atoms with Crippen molar-refractivity contribution in [3.05, 3.63) is 11.4 Å². The molecule has 1 aromatic rings. The van der Waals surface area contributed by atoms with Crippen molar-refractivity contribution in [3.63, 3.8) is 0 Å². The van der Waals surface area contributed by atoms with E-state index in [-0.39, 0.29) is 23.1 Å². The highest BCUT2D eigenvalue weighted by Crippen LogP contribution is 2.35. The Labute approximate surface area is 118 Å². The van der Waals surface area contributed by atoms with Crippen molar-refractivity contribution in [2.45, 2.75) is 55.9 Å². The molecule has 3 N–H and O–H groups in total. The maximum absolute atomic E-state index is 12.6. The fraction of sp³-hybridized carbons (Fsp3) is 0.750. The van der Waals surface area contributed by atoms with Crippen LogP contribution in [0.5, 0.6) is 0 Å². The highest BCUT2D eigenvalue weighted by molar-refractivity contribution is 7.89. The number of rotatable bonds is 5. The van der Waals surface area contributed by atoms with Crippen LogP contribution in [-0.2, 0) is 21.3 Å². The molecule has 20 heavy (non-hydrogen) atoms. The van der Waals surface area contributed by atoms with Crippen molar-refractivity contribution in [1.82, 2.24) is 20.2 Å². The summed E-state index contributed by atoms with van der Waals surface area (Å²) in [5.74, 6) is 0. The lowest BCUT2D eigenvalue weighted by atomic mass is 9.96. The number of aryl methyl sites for hydroxylation is 1. The monoisotopic (exact) mass is 300 g/mol. The minimum atomic E-state index is -3.57. The number of fused-ring (bicyclic) bond motifs is 2. The molecule has 7 nitrogen and oxygen atoms in total. The predicted molar refractivity (Wildman–Crippen MR) is 72.7 cm³/mol. The summed E-state index contributed by atoms with van der Waals surface area (Å²) >= 11 is 0. The number of ether oxygens (including phenoxy) is 1. The molecule has 0 aliphatic carbocycles. The van der Waals surface area contributed by atoms with Gasteiger partial charge in [0.05, 0.1) is 29.6 Å². The van der Waals surface area contributed by atoms with E-state index in [1.807, 2.05) is 0 Å². The van der Waals surface area contributed by atoms with E-state index in [1.54, 1.807) is 14.0 Å². The van der Waals surface area contributed by atoms with Gasteiger partial charge in [-0.3, -0.25) is 5.10 Å². The first-order valence-electron chi connectivity index (χ1n) is 6.87. The zero-order chi connectivity index (χ0) is 14.3. The van der Waals surface area contributed by atoms with Gasteiger partial charge in [-0.25, -0.2) is 13.1 Å². The van der Waals surface area contributed by atoms with Gasteiger partial charge in [0.15, 0.2) is 0 Å². The predicted octanol–water partition coefficient (Wildman–Crippen LogP) is 0.0357. The SMILES string of the molecule is CNCc1n[nH]c(C)c1S(=O)(=O)NC1CC2CCC1O2. The molecule has 2 fully saturated rings. The number of sulfonamides is 1. The van der Waals surface area contributed by atoms with Crippen LogP contribution in [-0.4, -0.2) is 43.9 Å². The van der Waals surface area contributed by atoms with Crippen LogP contribution in [0.2, 0.25) is 0 Å². The first kappa shape index (κ1) is 14.0. The highest BCUT2D eigenvalue weighted by atomic mass is 32.2. The molecular formula is C12H20N4O3S. The molecule has 3 rings (SSSR count). The van der Waals surface area contributed by atoms with Gasteiger partial charge >= 0.3 is 0 Å². The van der Waals surface area contributed by atoms with Crippen molar-refractivity contribution in [3.8, 4) is 0 Å². The van der Waals surface area contributed by atoms with Crippen LogP contribution in [0.1, 0.15) is 30.7 Å². The molecule has 3 atom stereocenters. The highest BCUT2D eigenvalue weighted by Gasteiger charge is 2.43. The van der Waals surface area contributed by atoms with Crippen LogP contribution in [0, 0.1) is 6.92 Å². The van der Waals surface area contributed by atoms with E-state index >= 15 is 0 Å². The molecule has 0 radical (unpaired) electrons. The summed E-state index contributed by atoms with van der Waals surface area (Å²) in [6, 6.07) is -0.115. The maximum atomic E-state index is 12.6. The van der Waals surface area contributed by atoms with Gasteiger partial charge < -0.3 is 10.1 Å². The molecule has 2 aliphatic heterocycles. The molecule has 3 heterocycles. The standard InChI is InChI=1S/C12H20N4O3S/c1-7-12(10(6-13-2)15-14-7)20(17,18)16-9-5-8-3-4-11(9)19-8/h8-9,11,13,16H,3-6H2,1-2H3,(H,14,15). The molecule has 0 saturated carbocycles. The third kappa shape index (κ3) is 2.37. The molecule has 8 heteroatoms. The Kier molecular flexibility index (Phi) is 3.57. The third-order valence-corrected chi connectivity index (χ3v) is 5.68. The van der Waals surface area contributed by atoms with E-state index in [4.69, 9.17) is 4.74 Å². The number of nitrogens with one attached hydrogen (secondary N) is 3. The number of aromatic amines is 1. The van der Waals surface area contributed by atoms with Gasteiger partial charge in [0.2, 0.25) is 10.0 Å². The second kappa shape index (κ2) is 5.10. The van der Waals surface area contributed by atoms with Crippen LogP contribution >= 0.6 is 0 Å². The maximum Gasteiger partial charge on any atom is 0.244 e. The second-order valence-corrected chi connectivity index (χ2v) is 7.14. The smallest absolute Gasteiger partial charge is 0.244 e. The van der Waals surface area contributed by atoms with Crippen LogP contribution in [0.3, 0.4) is 0 Å². The molecule has 1 aromatic heterocycles. The topological polar surface area (TPSA) is 96.1 Å². The van der Waals surface area contributed by atoms with Crippen molar-refractivity contribution in [2.75, 3.05) is 7.05 Å². The Morgan fingerprint density at radius 3 is 2.85 bits per heavy atom. The minimum Gasteiger partial charge on any atom is -0.373 e. The zero-order valence-corrected chi connectivity index (χ0v) is 12.5. The molecule has 0 aromatic carbocycles. The fourth-order valence-corrected chi connectivity index (χ4v) is 4.77. The van der Waals surface area contributed by atoms with Gasteiger partial charge in [-0.15, -0.1) is 0 Å². The summed E-state index contributed by atoms with van der Waals surface area (Å²) in [4.78, 5) is 0.259. The lowest BCUT2D eigenvalue weighted by Gasteiger charge is -2.20. The molecular weight excluding hydrogens is 280 g/mol. The number of hydrogen-bond donors (Lipinski definition) is 3. The van der Waals surface area contributed by atoms with E-state index < -0.39 is 10.0 Å². The van der Waals surface area contributed by atoms with Gasteiger partial charge in [0, 0.05) is 6.54 Å². The average molecular weight is 300 g/mol. The number of hydrogen-bond acceptors (Lipinski definition) is 5. The molecule has 0 amide bonds. The minimum absolute atomic E-state index is 0.0229. The van der Waals surface area contributed by atoms with Crippen LogP contribution in [0.25, 0.3) is 0 Å². The third-order valence-electron chi connectivity index (χ3n) is 3.99. The van der Waals surface area contributed by atoms with Gasteiger partial charge in [0.25, 0.3) is 0 Å². The molecule has 2 aliphatic rings. The van der Waals surface area contributed by atoms with E-state index in [2.05, 4.69) is 20.2 Å². The summed E-state index contributed by atoms with van der Waals surface area (Å²) in [6.45, 7) is 2.13. The lowest BCUT2D eigenvalue weighted by Crippen LogP contribution is -2.41. The summed E-state index contributed by atoms with van der Waals surface area (Å²) in [6.07, 6.45) is 2.98. The van der Waals surface area contributed by atoms with Gasteiger partial charge in [-0.2, -0.15) is 5.10 Å². The summed E-state index contributed by atoms with van der Waals surface area (Å²) in [5, 5.41) is 9.73. The summed E-state index contributed by atoms with van der Waals surface area (Å²) < 4.78 is 33.7. The van der Waals surface area contributed by atoms with Crippen molar-refractivity contribution in [1.29, 1.82) is 0 Å². The van der Waals surface area contributed by atoms with Crippen molar-refractivity contribution < 1.29 is 13.2 Å².